The molecule has 0 saturated heterocycles. The number of rotatable bonds is 22. The number of anilines is 9. The predicted molar refractivity (Wildman–Crippen MR) is 627 cm³/mol. The third kappa shape index (κ3) is 20.0. The summed E-state index contributed by atoms with van der Waals surface area (Å²) in [6.45, 7) is 0. The van der Waals surface area contributed by atoms with Crippen molar-refractivity contribution in [1.82, 2.24) is 0 Å². The van der Waals surface area contributed by atoms with Crippen LogP contribution in [0.25, 0.3) is 177 Å². The van der Waals surface area contributed by atoms with Crippen LogP contribution in [0.1, 0.15) is 0 Å². The SMILES string of the molecule is c1ccc(-c2ccc(-c3ccc(-c4ccc(N(c5ccc(-c6ccccc6)cc5)c5cccc6ccccc56)cc4-c4ccccc4)cc3)cc2)cc1.c1ccc(-c2ccc(N(c3ccc(-c4cccc(-c5ccccc5)c4)c(-c4ccccc4)c3)c3cccc4ccccc34)cc2)cc1.c1ccc(-c2ccc(N(c3ccc(-c4ccccc4-c4ccccc4)c(-c4ccccc4)c3)c3cccc4ccccc34)cc2)cc1. The number of hydrogen-bond donors (Lipinski definition) is 0. The minimum absolute atomic E-state index is 1.10. The Hall–Kier alpha value is -19.3. The van der Waals surface area contributed by atoms with Gasteiger partial charge in [-0.1, -0.05) is 528 Å². The number of hydrogen-bond acceptors (Lipinski definition) is 3. The van der Waals surface area contributed by atoms with E-state index in [1.54, 1.807) is 0 Å². The molecule has 0 aliphatic carbocycles. The van der Waals surface area contributed by atoms with Gasteiger partial charge in [0.15, 0.2) is 0 Å². The molecular formula is C144H103N3. The fraction of sp³-hybridized carbons (Fsp3) is 0. The van der Waals surface area contributed by atoms with E-state index in [2.05, 4.69) is 640 Å². The van der Waals surface area contributed by atoms with Crippen LogP contribution in [0.15, 0.2) is 625 Å². The minimum Gasteiger partial charge on any atom is -0.310 e. The highest BCUT2D eigenvalue weighted by molar-refractivity contribution is 6.05. The summed E-state index contributed by atoms with van der Waals surface area (Å²) in [6, 6.07) is 225. The molecule has 3 nitrogen and oxygen atoms in total. The summed E-state index contributed by atoms with van der Waals surface area (Å²) in [6.07, 6.45) is 0. The first kappa shape index (κ1) is 91.5. The third-order valence-corrected chi connectivity index (χ3v) is 27.9. The zero-order valence-corrected chi connectivity index (χ0v) is 81.3. The average molecular weight is 1880 g/mol. The average Bonchev–Trinajstić information content (AvgIpc) is 0.766. The van der Waals surface area contributed by atoms with Crippen LogP contribution in [-0.4, -0.2) is 0 Å². The van der Waals surface area contributed by atoms with E-state index in [-0.39, 0.29) is 0 Å². The van der Waals surface area contributed by atoms with E-state index in [9.17, 15) is 0 Å². The van der Waals surface area contributed by atoms with Crippen molar-refractivity contribution in [3.05, 3.63) is 625 Å². The van der Waals surface area contributed by atoms with Gasteiger partial charge in [-0.25, -0.2) is 0 Å². The Bertz CT molecular complexity index is 8780. The maximum atomic E-state index is 2.40. The maximum Gasteiger partial charge on any atom is 0.0540 e. The van der Waals surface area contributed by atoms with Gasteiger partial charge >= 0.3 is 0 Å². The molecule has 0 amide bonds. The molecule has 3 heteroatoms. The maximum absolute atomic E-state index is 2.40. The fourth-order valence-corrected chi connectivity index (χ4v) is 20.5. The van der Waals surface area contributed by atoms with E-state index in [4.69, 9.17) is 0 Å². The minimum atomic E-state index is 1.10. The lowest BCUT2D eigenvalue weighted by molar-refractivity contribution is 1.30. The van der Waals surface area contributed by atoms with Crippen molar-refractivity contribution < 1.29 is 0 Å². The van der Waals surface area contributed by atoms with E-state index in [1.165, 1.54) is 177 Å². The van der Waals surface area contributed by atoms with Crippen molar-refractivity contribution in [1.29, 1.82) is 0 Å². The molecule has 147 heavy (non-hydrogen) atoms. The summed E-state index contributed by atoms with van der Waals surface area (Å²) in [4.78, 5) is 7.19. The second kappa shape index (κ2) is 43.0. The number of nitrogens with zero attached hydrogens (tertiary/aromatic N) is 3. The van der Waals surface area contributed by atoms with Gasteiger partial charge in [0, 0.05) is 50.3 Å². The van der Waals surface area contributed by atoms with E-state index in [0.29, 0.717) is 0 Å². The Kier molecular flexibility index (Phi) is 26.8. The molecule has 694 valence electrons. The first-order valence-corrected chi connectivity index (χ1v) is 50.4. The third-order valence-electron chi connectivity index (χ3n) is 27.9. The molecule has 0 aliphatic heterocycles. The smallest absolute Gasteiger partial charge is 0.0540 e. The van der Waals surface area contributed by atoms with Crippen LogP contribution in [-0.2, 0) is 0 Å². The molecule has 0 radical (unpaired) electrons. The van der Waals surface area contributed by atoms with Crippen molar-refractivity contribution in [3.63, 3.8) is 0 Å². The molecule has 0 aliphatic rings. The highest BCUT2D eigenvalue weighted by Crippen LogP contribution is 2.50. The predicted octanol–water partition coefficient (Wildman–Crippen LogP) is 40.6. The van der Waals surface area contributed by atoms with Crippen LogP contribution in [0.3, 0.4) is 0 Å². The van der Waals surface area contributed by atoms with Crippen molar-refractivity contribution >= 4 is 83.5 Å². The van der Waals surface area contributed by atoms with E-state index in [1.807, 2.05) is 0 Å². The molecule has 0 saturated carbocycles. The van der Waals surface area contributed by atoms with Crippen LogP contribution in [0.5, 0.6) is 0 Å². The lowest BCUT2D eigenvalue weighted by Crippen LogP contribution is -2.11. The fourth-order valence-electron chi connectivity index (χ4n) is 20.5. The Balaban J connectivity index is 0.000000122. The summed E-state index contributed by atoms with van der Waals surface area (Å²) < 4.78 is 0. The number of fused-ring (bicyclic) bond motifs is 3. The van der Waals surface area contributed by atoms with Crippen LogP contribution >= 0.6 is 0 Å². The van der Waals surface area contributed by atoms with Gasteiger partial charge in [0.1, 0.15) is 0 Å². The second-order valence-electron chi connectivity index (χ2n) is 36.9. The van der Waals surface area contributed by atoms with Gasteiger partial charge in [-0.15, -0.1) is 0 Å². The Morgan fingerprint density at radius 3 is 0.585 bits per heavy atom. The Labute approximate surface area is 861 Å². The normalized spacial score (nSPS) is 11.0. The van der Waals surface area contributed by atoms with E-state index < -0.39 is 0 Å². The Morgan fingerprint density at radius 1 is 0.0884 bits per heavy atom. The summed E-state index contributed by atoms with van der Waals surface area (Å²) in [7, 11) is 0. The summed E-state index contributed by atoms with van der Waals surface area (Å²) in [5.41, 5.74) is 41.4. The van der Waals surface area contributed by atoms with Crippen LogP contribution in [0, 0.1) is 0 Å². The van der Waals surface area contributed by atoms with Gasteiger partial charge in [0.25, 0.3) is 0 Å². The van der Waals surface area contributed by atoms with Crippen molar-refractivity contribution in [2.45, 2.75) is 0 Å². The molecule has 0 unspecified atom stereocenters. The molecule has 0 atom stereocenters. The molecule has 0 spiro atoms. The van der Waals surface area contributed by atoms with E-state index in [0.717, 1.165) is 51.2 Å². The van der Waals surface area contributed by atoms with Crippen LogP contribution < -0.4 is 14.7 Å². The molecule has 25 rings (SSSR count). The molecule has 0 N–H and O–H groups in total. The molecule has 0 heterocycles. The van der Waals surface area contributed by atoms with Crippen LogP contribution in [0.2, 0.25) is 0 Å². The monoisotopic (exact) mass is 1870 g/mol. The first-order valence-electron chi connectivity index (χ1n) is 50.4. The Morgan fingerprint density at radius 2 is 0.265 bits per heavy atom. The van der Waals surface area contributed by atoms with Gasteiger partial charge in [-0.3, -0.25) is 0 Å². The van der Waals surface area contributed by atoms with Gasteiger partial charge in [0.2, 0.25) is 0 Å². The highest BCUT2D eigenvalue weighted by atomic mass is 15.2. The van der Waals surface area contributed by atoms with Crippen LogP contribution in [0.4, 0.5) is 51.2 Å². The molecule has 25 aromatic rings. The quantitative estimate of drug-likeness (QED) is 0.0670. The lowest BCUT2D eigenvalue weighted by Gasteiger charge is -2.28. The number of benzene rings is 25. The van der Waals surface area contributed by atoms with Gasteiger partial charge in [-0.05, 0) is 258 Å². The summed E-state index contributed by atoms with van der Waals surface area (Å²) >= 11 is 0. The summed E-state index contributed by atoms with van der Waals surface area (Å²) in [5.74, 6) is 0. The standard InChI is InChI=1S/C52H37N.2C46H33N/c1-4-13-38(14-5-1)40-23-25-41(26-24-40)42-27-29-46(30-28-42)49-36-35-48(37-51(49)45-17-8-3-9-18-45)53(52-22-12-20-44-19-10-11-21-50(44)52)47-33-31-43(32-34-47)39-15-6-2-7-16-39;1-4-14-34(15-5-1)36-26-28-41(29-27-36)47(46-25-13-21-37-20-10-11-24-44(37)46)42-30-31-43(45(33-42)38-18-8-3-9-19-38)40-23-12-22-39(32-40)35-16-6-2-7-17-35;1-4-15-34(16-5-1)35-27-29-39(30-28-35)47(46-26-14-22-37-21-10-11-24-42(37)46)40-31-32-44(45(33-40)38-19-8-3-9-20-38)43-25-13-12-23-41(43)36-17-6-2-7-18-36/h1-37H;2*1-33H. The van der Waals surface area contributed by atoms with Gasteiger partial charge in [-0.2, -0.15) is 0 Å². The summed E-state index contributed by atoms with van der Waals surface area (Å²) in [5, 5.41) is 7.27. The molecule has 25 aromatic carbocycles. The van der Waals surface area contributed by atoms with Crippen molar-refractivity contribution in [3.8, 4) is 145 Å². The van der Waals surface area contributed by atoms with E-state index >= 15 is 0 Å². The van der Waals surface area contributed by atoms with Crippen molar-refractivity contribution in [2.75, 3.05) is 14.7 Å². The topological polar surface area (TPSA) is 9.72 Å². The first-order chi connectivity index (χ1) is 72.9. The van der Waals surface area contributed by atoms with Crippen molar-refractivity contribution in [2.24, 2.45) is 0 Å². The molecule has 0 fully saturated rings. The second-order valence-corrected chi connectivity index (χ2v) is 36.9. The zero-order chi connectivity index (χ0) is 98.2. The largest absolute Gasteiger partial charge is 0.310 e. The van der Waals surface area contributed by atoms with Gasteiger partial charge < -0.3 is 14.7 Å². The zero-order valence-electron chi connectivity index (χ0n) is 81.3. The van der Waals surface area contributed by atoms with Gasteiger partial charge in [0.05, 0.1) is 17.1 Å². The molecule has 0 bridgehead atoms. The highest BCUT2D eigenvalue weighted by Gasteiger charge is 2.25. The lowest BCUT2D eigenvalue weighted by atomic mass is 9.89. The molecule has 0 aromatic heterocycles. The molecular weight excluding hydrogens is 1770 g/mol.